The maximum Gasteiger partial charge on any atom is 0.193 e. The van der Waals surface area contributed by atoms with Gasteiger partial charge in [0.05, 0.1) is 0 Å². The van der Waals surface area contributed by atoms with Crippen LogP contribution in [0.2, 0.25) is 0 Å². The summed E-state index contributed by atoms with van der Waals surface area (Å²) in [5, 5.41) is 2.54. The molecule has 0 amide bonds. The highest BCUT2D eigenvalue weighted by atomic mass is 32.1. The topological polar surface area (TPSA) is 30.0 Å². The fourth-order valence-electron chi connectivity index (χ4n) is 0.714. The van der Waals surface area contributed by atoms with Crippen LogP contribution in [0.25, 0.3) is 0 Å². The van der Waals surface area contributed by atoms with Gasteiger partial charge >= 0.3 is 0 Å². The largest absolute Gasteiger partial charge is 0.291 e. The van der Waals surface area contributed by atoms with Gasteiger partial charge in [-0.05, 0) is 6.92 Å². The van der Waals surface area contributed by atoms with Crippen LogP contribution in [0, 0.1) is 12.8 Å². The lowest BCUT2D eigenvalue weighted by Crippen LogP contribution is -2.06. The number of Topliss-reactive ketones (excluding diaryl/α,β-unsaturated/α-hetero) is 1. The van der Waals surface area contributed by atoms with E-state index in [0.29, 0.717) is 5.01 Å². The summed E-state index contributed by atoms with van der Waals surface area (Å²) in [4.78, 5) is 15.4. The number of ketones is 1. The lowest BCUT2D eigenvalue weighted by Gasteiger charge is -1.97. The third-order valence-corrected chi connectivity index (χ3v) is 2.33. The first-order valence-electron chi connectivity index (χ1n) is 3.57. The Kier molecular flexibility index (Phi) is 2.39. The SMILES string of the molecule is Cc1csc(C(=O)C(C)C)n1. The van der Waals surface area contributed by atoms with Gasteiger partial charge in [0.2, 0.25) is 0 Å². The van der Waals surface area contributed by atoms with Crippen molar-refractivity contribution in [1.29, 1.82) is 0 Å². The molecule has 1 rings (SSSR count). The van der Waals surface area contributed by atoms with E-state index in [9.17, 15) is 4.79 Å². The standard InChI is InChI=1S/C8H11NOS/c1-5(2)7(10)8-9-6(3)4-11-8/h4-5H,1-3H3. The van der Waals surface area contributed by atoms with E-state index in [4.69, 9.17) is 0 Å². The first-order valence-corrected chi connectivity index (χ1v) is 4.45. The van der Waals surface area contributed by atoms with Crippen LogP contribution in [0.1, 0.15) is 29.3 Å². The second-order valence-electron chi connectivity index (χ2n) is 2.81. The van der Waals surface area contributed by atoms with Crippen LogP contribution in [0.15, 0.2) is 5.38 Å². The van der Waals surface area contributed by atoms with Gasteiger partial charge in [-0.25, -0.2) is 4.98 Å². The molecule has 60 valence electrons. The monoisotopic (exact) mass is 169 g/mol. The molecular formula is C8H11NOS. The van der Waals surface area contributed by atoms with Crippen molar-refractivity contribution in [3.63, 3.8) is 0 Å². The van der Waals surface area contributed by atoms with Crippen LogP contribution in [-0.2, 0) is 0 Å². The van der Waals surface area contributed by atoms with Crippen molar-refractivity contribution in [3.8, 4) is 0 Å². The highest BCUT2D eigenvalue weighted by Gasteiger charge is 2.12. The molecule has 0 N–H and O–H groups in total. The summed E-state index contributed by atoms with van der Waals surface area (Å²) >= 11 is 1.43. The molecule has 0 saturated carbocycles. The second kappa shape index (κ2) is 3.13. The zero-order valence-corrected chi connectivity index (χ0v) is 7.73. The molecule has 0 saturated heterocycles. The third-order valence-electron chi connectivity index (χ3n) is 1.35. The maximum atomic E-state index is 11.3. The van der Waals surface area contributed by atoms with E-state index < -0.39 is 0 Å². The Labute approximate surface area is 70.3 Å². The quantitative estimate of drug-likeness (QED) is 0.636. The molecule has 0 bridgehead atoms. The van der Waals surface area contributed by atoms with Gasteiger partial charge < -0.3 is 0 Å². The van der Waals surface area contributed by atoms with Gasteiger partial charge in [0.15, 0.2) is 10.8 Å². The minimum atomic E-state index is 0.0561. The van der Waals surface area contributed by atoms with E-state index in [1.807, 2.05) is 26.2 Å². The zero-order valence-electron chi connectivity index (χ0n) is 6.92. The number of hydrogen-bond donors (Lipinski definition) is 0. The van der Waals surface area contributed by atoms with Gasteiger partial charge in [-0.15, -0.1) is 11.3 Å². The average molecular weight is 169 g/mol. The number of thiazole rings is 1. The van der Waals surface area contributed by atoms with Gasteiger partial charge in [-0.1, -0.05) is 13.8 Å². The minimum absolute atomic E-state index is 0.0561. The molecule has 1 aromatic heterocycles. The summed E-state index contributed by atoms with van der Waals surface area (Å²) in [6.45, 7) is 5.67. The Balaban J connectivity index is 2.85. The summed E-state index contributed by atoms with van der Waals surface area (Å²) in [6, 6.07) is 0. The van der Waals surface area contributed by atoms with Gasteiger partial charge in [0, 0.05) is 17.0 Å². The molecule has 1 aromatic rings. The van der Waals surface area contributed by atoms with E-state index in [2.05, 4.69) is 4.98 Å². The summed E-state index contributed by atoms with van der Waals surface area (Å²) in [5.74, 6) is 0.198. The van der Waals surface area contributed by atoms with Crippen LogP contribution in [0.5, 0.6) is 0 Å². The maximum absolute atomic E-state index is 11.3. The van der Waals surface area contributed by atoms with Gasteiger partial charge in [-0.3, -0.25) is 4.79 Å². The molecule has 1 heterocycles. The molecule has 0 atom stereocenters. The molecule has 3 heteroatoms. The van der Waals surface area contributed by atoms with E-state index in [1.165, 1.54) is 11.3 Å². The lowest BCUT2D eigenvalue weighted by molar-refractivity contribution is 0.0939. The molecule has 11 heavy (non-hydrogen) atoms. The Bertz CT molecular complexity index is 265. The summed E-state index contributed by atoms with van der Waals surface area (Å²) < 4.78 is 0. The van der Waals surface area contributed by atoms with Gasteiger partial charge in [-0.2, -0.15) is 0 Å². The Morgan fingerprint density at radius 1 is 1.64 bits per heavy atom. The predicted molar refractivity (Wildman–Crippen MR) is 46.0 cm³/mol. The van der Waals surface area contributed by atoms with Gasteiger partial charge in [0.25, 0.3) is 0 Å². The number of rotatable bonds is 2. The van der Waals surface area contributed by atoms with Gasteiger partial charge in [0.1, 0.15) is 0 Å². The van der Waals surface area contributed by atoms with E-state index >= 15 is 0 Å². The van der Waals surface area contributed by atoms with Crippen molar-refractivity contribution >= 4 is 17.1 Å². The first-order chi connectivity index (χ1) is 5.11. The van der Waals surface area contributed by atoms with Crippen molar-refractivity contribution in [2.75, 3.05) is 0 Å². The van der Waals surface area contributed by atoms with Crippen molar-refractivity contribution in [1.82, 2.24) is 4.98 Å². The Hall–Kier alpha value is -0.700. The van der Waals surface area contributed by atoms with Crippen LogP contribution in [0.4, 0.5) is 0 Å². The van der Waals surface area contributed by atoms with E-state index in [-0.39, 0.29) is 11.7 Å². The number of carbonyl (C=O) groups is 1. The number of hydrogen-bond acceptors (Lipinski definition) is 3. The fourth-order valence-corrected chi connectivity index (χ4v) is 1.60. The summed E-state index contributed by atoms with van der Waals surface area (Å²) in [5.41, 5.74) is 0.930. The summed E-state index contributed by atoms with van der Waals surface area (Å²) in [6.07, 6.45) is 0. The van der Waals surface area contributed by atoms with Crippen LogP contribution in [-0.4, -0.2) is 10.8 Å². The zero-order chi connectivity index (χ0) is 8.43. The van der Waals surface area contributed by atoms with Crippen LogP contribution in [0.3, 0.4) is 0 Å². The minimum Gasteiger partial charge on any atom is -0.291 e. The van der Waals surface area contributed by atoms with Crippen LogP contribution < -0.4 is 0 Å². The molecule has 2 nitrogen and oxygen atoms in total. The molecular weight excluding hydrogens is 158 g/mol. The van der Waals surface area contributed by atoms with Crippen molar-refractivity contribution < 1.29 is 4.79 Å². The molecule has 0 aliphatic heterocycles. The number of carbonyl (C=O) groups excluding carboxylic acids is 1. The predicted octanol–water partition coefficient (Wildman–Crippen LogP) is 2.29. The van der Waals surface area contributed by atoms with Crippen molar-refractivity contribution in [2.24, 2.45) is 5.92 Å². The number of nitrogens with zero attached hydrogens (tertiary/aromatic N) is 1. The molecule has 0 aliphatic carbocycles. The molecule has 0 aromatic carbocycles. The summed E-state index contributed by atoms with van der Waals surface area (Å²) in [7, 11) is 0. The Morgan fingerprint density at radius 3 is 2.64 bits per heavy atom. The molecule has 0 fully saturated rings. The van der Waals surface area contributed by atoms with E-state index in [0.717, 1.165) is 5.69 Å². The molecule has 0 spiro atoms. The fraction of sp³-hybridized carbons (Fsp3) is 0.500. The second-order valence-corrected chi connectivity index (χ2v) is 3.67. The van der Waals surface area contributed by atoms with Crippen LogP contribution >= 0.6 is 11.3 Å². The molecule has 0 aliphatic rings. The lowest BCUT2D eigenvalue weighted by atomic mass is 10.1. The highest BCUT2D eigenvalue weighted by Crippen LogP contribution is 2.13. The van der Waals surface area contributed by atoms with Crippen molar-refractivity contribution in [3.05, 3.63) is 16.1 Å². The molecule has 0 unspecified atom stereocenters. The first kappa shape index (κ1) is 8.40. The molecule has 0 radical (unpaired) electrons. The number of aromatic nitrogens is 1. The Morgan fingerprint density at radius 2 is 2.27 bits per heavy atom. The van der Waals surface area contributed by atoms with Crippen molar-refractivity contribution in [2.45, 2.75) is 20.8 Å². The highest BCUT2D eigenvalue weighted by molar-refractivity contribution is 7.11. The normalized spacial score (nSPS) is 10.5. The smallest absolute Gasteiger partial charge is 0.193 e. The third kappa shape index (κ3) is 1.87. The number of aryl methyl sites for hydroxylation is 1. The van der Waals surface area contributed by atoms with E-state index in [1.54, 1.807) is 0 Å². The average Bonchev–Trinajstić information content (AvgIpc) is 2.34.